The molecule has 31 heavy (non-hydrogen) atoms. The third-order valence-corrected chi connectivity index (χ3v) is 8.14. The van der Waals surface area contributed by atoms with Gasteiger partial charge in [0.2, 0.25) is 0 Å². The summed E-state index contributed by atoms with van der Waals surface area (Å²) < 4.78 is 11.3. The van der Waals surface area contributed by atoms with Gasteiger partial charge in [0.15, 0.2) is 5.69 Å². The molecule has 1 heterocycles. The number of amides is 1. The van der Waals surface area contributed by atoms with Crippen LogP contribution in [0.2, 0.25) is 0 Å². The van der Waals surface area contributed by atoms with Gasteiger partial charge in [-0.25, -0.2) is 0 Å². The lowest BCUT2D eigenvalue weighted by molar-refractivity contribution is -0.0727. The molecule has 0 radical (unpaired) electrons. The van der Waals surface area contributed by atoms with Crippen LogP contribution >= 0.6 is 0 Å². The van der Waals surface area contributed by atoms with Crippen LogP contribution in [0.4, 0.5) is 0 Å². The number of carbonyl (C=O) groups is 1. The predicted molar refractivity (Wildman–Crippen MR) is 119 cm³/mol. The molecule has 5 heteroatoms. The van der Waals surface area contributed by atoms with Crippen LogP contribution in [0.15, 0.2) is 28.8 Å². The van der Waals surface area contributed by atoms with Crippen LogP contribution in [0.1, 0.15) is 79.2 Å². The van der Waals surface area contributed by atoms with Gasteiger partial charge in [-0.1, -0.05) is 29.8 Å². The lowest BCUT2D eigenvalue weighted by Crippen LogP contribution is -2.56. The van der Waals surface area contributed by atoms with Crippen molar-refractivity contribution in [1.29, 1.82) is 0 Å². The Balaban J connectivity index is 1.30. The molecule has 1 amide bonds. The maximum atomic E-state index is 13.3. The number of aryl methyl sites for hydroxylation is 2. The minimum Gasteiger partial charge on any atom is -0.489 e. The Bertz CT molecular complexity index is 911. The van der Waals surface area contributed by atoms with E-state index >= 15 is 0 Å². The maximum Gasteiger partial charge on any atom is 0.274 e. The van der Waals surface area contributed by atoms with Gasteiger partial charge in [-0.2, -0.15) is 0 Å². The largest absolute Gasteiger partial charge is 0.489 e. The Labute approximate surface area is 184 Å². The van der Waals surface area contributed by atoms with Crippen LogP contribution in [-0.4, -0.2) is 17.1 Å². The van der Waals surface area contributed by atoms with E-state index in [1.165, 1.54) is 44.1 Å². The molecule has 1 aromatic carbocycles. The molecule has 0 spiro atoms. The molecule has 0 saturated heterocycles. The number of rotatable bonds is 7. The molecule has 4 saturated carbocycles. The number of aromatic nitrogens is 1. The quantitative estimate of drug-likeness (QED) is 0.631. The summed E-state index contributed by atoms with van der Waals surface area (Å²) in [6.07, 6.45) is 9.02. The number of benzene rings is 1. The number of nitrogens with zero attached hydrogens (tertiary/aromatic N) is 1. The van der Waals surface area contributed by atoms with Crippen LogP contribution in [-0.2, 0) is 6.61 Å². The number of hydrogen-bond donors (Lipinski definition) is 1. The van der Waals surface area contributed by atoms with Crippen molar-refractivity contribution >= 4 is 5.91 Å². The van der Waals surface area contributed by atoms with E-state index in [-0.39, 0.29) is 24.0 Å². The second-order valence-electron chi connectivity index (χ2n) is 10.4. The molecule has 5 nitrogen and oxygen atoms in total. The van der Waals surface area contributed by atoms with E-state index in [2.05, 4.69) is 17.4 Å². The highest BCUT2D eigenvalue weighted by atomic mass is 16.5. The van der Waals surface area contributed by atoms with Crippen molar-refractivity contribution in [3.8, 4) is 5.75 Å². The first-order valence-corrected chi connectivity index (χ1v) is 11.9. The molecule has 166 valence electrons. The maximum absolute atomic E-state index is 13.3. The van der Waals surface area contributed by atoms with Gasteiger partial charge in [0.25, 0.3) is 5.91 Å². The first kappa shape index (κ1) is 20.6. The topological polar surface area (TPSA) is 64.4 Å². The molecule has 1 N–H and O–H groups in total. The Morgan fingerprint density at radius 3 is 2.32 bits per heavy atom. The van der Waals surface area contributed by atoms with Crippen molar-refractivity contribution in [3.05, 3.63) is 46.8 Å². The zero-order valence-electron chi connectivity index (χ0n) is 18.9. The van der Waals surface area contributed by atoms with E-state index < -0.39 is 0 Å². The highest BCUT2D eigenvalue weighted by Crippen LogP contribution is 2.61. The lowest BCUT2D eigenvalue weighted by Gasteiger charge is -2.59. The van der Waals surface area contributed by atoms with Gasteiger partial charge in [-0.3, -0.25) is 4.79 Å². The fraction of sp³-hybridized carbons (Fsp3) is 0.615. The first-order chi connectivity index (χ1) is 15.0. The van der Waals surface area contributed by atoms with Crippen molar-refractivity contribution < 1.29 is 14.1 Å². The van der Waals surface area contributed by atoms with Crippen LogP contribution in [0.25, 0.3) is 0 Å². The molecule has 6 rings (SSSR count). The number of nitrogens with one attached hydrogen (secondary N) is 1. The zero-order chi connectivity index (χ0) is 21.6. The van der Waals surface area contributed by atoms with E-state index in [0.717, 1.165) is 35.5 Å². The molecular formula is C26H34N2O3. The van der Waals surface area contributed by atoms with Gasteiger partial charge in [-0.05, 0) is 94.1 Å². The van der Waals surface area contributed by atoms with Crippen molar-refractivity contribution in [2.24, 2.45) is 23.2 Å². The fourth-order valence-corrected chi connectivity index (χ4v) is 7.05. The lowest BCUT2D eigenvalue weighted by atomic mass is 9.47. The average molecular weight is 423 g/mol. The molecule has 4 aliphatic rings. The SMILES string of the molecule is CCC(NC(=O)c1noc(C)c1COc1ccc(C)cc1)C12CC3CC(CC(C3)C1)C2. The summed E-state index contributed by atoms with van der Waals surface area (Å²) in [4.78, 5) is 13.3. The van der Waals surface area contributed by atoms with Gasteiger partial charge in [0.05, 0.1) is 5.56 Å². The summed E-state index contributed by atoms with van der Waals surface area (Å²) in [6, 6.07) is 8.12. The van der Waals surface area contributed by atoms with E-state index in [1.807, 2.05) is 38.1 Å². The molecular weight excluding hydrogens is 388 g/mol. The smallest absolute Gasteiger partial charge is 0.274 e. The molecule has 2 aromatic rings. The molecule has 4 aliphatic carbocycles. The standard InChI is InChI=1S/C26H34N2O3/c1-4-23(26-12-18-9-19(13-26)11-20(10-18)14-26)27-25(29)24-22(17(3)31-28-24)15-30-21-7-5-16(2)6-8-21/h5-8,18-20,23H,4,9-15H2,1-3H3,(H,27,29). The summed E-state index contributed by atoms with van der Waals surface area (Å²) in [5.41, 5.74) is 2.56. The van der Waals surface area contributed by atoms with Gasteiger partial charge in [0, 0.05) is 6.04 Å². The number of hydrogen-bond acceptors (Lipinski definition) is 4. The van der Waals surface area contributed by atoms with Crippen LogP contribution in [0, 0.1) is 37.0 Å². The summed E-state index contributed by atoms with van der Waals surface area (Å²) in [5, 5.41) is 7.49. The second-order valence-corrected chi connectivity index (χ2v) is 10.4. The molecule has 0 aliphatic heterocycles. The van der Waals surface area contributed by atoms with Crippen molar-refractivity contribution in [2.45, 2.75) is 78.4 Å². The Morgan fingerprint density at radius 1 is 1.13 bits per heavy atom. The third kappa shape index (κ3) is 3.88. The van der Waals surface area contributed by atoms with Crippen molar-refractivity contribution in [2.75, 3.05) is 0 Å². The van der Waals surface area contributed by atoms with Crippen LogP contribution in [0.3, 0.4) is 0 Å². The highest BCUT2D eigenvalue weighted by molar-refractivity contribution is 5.94. The summed E-state index contributed by atoms with van der Waals surface area (Å²) in [5.74, 6) is 3.89. The molecule has 1 atom stereocenters. The zero-order valence-corrected chi connectivity index (χ0v) is 18.9. The monoisotopic (exact) mass is 422 g/mol. The highest BCUT2D eigenvalue weighted by Gasteiger charge is 2.54. The molecule has 4 bridgehead atoms. The van der Waals surface area contributed by atoms with Crippen molar-refractivity contribution in [3.63, 3.8) is 0 Å². The normalized spacial score (nSPS) is 29.7. The van der Waals surface area contributed by atoms with Gasteiger partial charge in [-0.15, -0.1) is 0 Å². The van der Waals surface area contributed by atoms with E-state index in [0.29, 0.717) is 11.5 Å². The summed E-state index contributed by atoms with van der Waals surface area (Å²) >= 11 is 0. The third-order valence-electron chi connectivity index (χ3n) is 8.14. The number of carbonyl (C=O) groups excluding carboxylic acids is 1. The predicted octanol–water partition coefficient (Wildman–Crippen LogP) is 5.60. The fourth-order valence-electron chi connectivity index (χ4n) is 7.05. The van der Waals surface area contributed by atoms with Crippen LogP contribution < -0.4 is 10.1 Å². The summed E-state index contributed by atoms with van der Waals surface area (Å²) in [7, 11) is 0. The summed E-state index contributed by atoms with van der Waals surface area (Å²) in [6.45, 7) is 6.37. The minimum absolute atomic E-state index is 0.123. The molecule has 1 unspecified atom stereocenters. The first-order valence-electron chi connectivity index (χ1n) is 11.9. The Hall–Kier alpha value is -2.30. The number of ether oxygens (including phenoxy) is 1. The Kier molecular flexibility index (Phi) is 5.31. The second kappa shape index (κ2) is 7.99. The molecule has 4 fully saturated rings. The van der Waals surface area contributed by atoms with Crippen LogP contribution in [0.5, 0.6) is 5.75 Å². The van der Waals surface area contributed by atoms with Crippen molar-refractivity contribution in [1.82, 2.24) is 10.5 Å². The van der Waals surface area contributed by atoms with E-state index in [9.17, 15) is 4.79 Å². The van der Waals surface area contributed by atoms with Gasteiger partial charge < -0.3 is 14.6 Å². The van der Waals surface area contributed by atoms with Gasteiger partial charge >= 0.3 is 0 Å². The molecule has 1 aromatic heterocycles. The Morgan fingerprint density at radius 2 is 1.74 bits per heavy atom. The minimum atomic E-state index is -0.123. The van der Waals surface area contributed by atoms with E-state index in [4.69, 9.17) is 9.26 Å². The van der Waals surface area contributed by atoms with Gasteiger partial charge in [0.1, 0.15) is 18.1 Å². The van der Waals surface area contributed by atoms with E-state index in [1.54, 1.807) is 0 Å². The average Bonchev–Trinajstić information content (AvgIpc) is 3.11.